The highest BCUT2D eigenvalue weighted by atomic mass is 32.1. The number of aromatic amines is 2. The maximum atomic E-state index is 10.8. The van der Waals surface area contributed by atoms with Gasteiger partial charge in [-0.05, 0) is 6.54 Å². The van der Waals surface area contributed by atoms with Gasteiger partial charge in [-0.3, -0.25) is 4.98 Å². The van der Waals surface area contributed by atoms with Crippen LogP contribution in [0.25, 0.3) is 11.5 Å². The summed E-state index contributed by atoms with van der Waals surface area (Å²) >= 11 is 1.51. The quantitative estimate of drug-likeness (QED) is 0.650. The lowest BCUT2D eigenvalue weighted by molar-refractivity contribution is 0.952. The first kappa shape index (κ1) is 9.10. The molecule has 2 aromatic rings. The Balaban J connectivity index is 2.28. The summed E-state index contributed by atoms with van der Waals surface area (Å²) < 4.78 is 0. The highest BCUT2D eigenvalue weighted by Crippen LogP contribution is 2.16. The Morgan fingerprint density at radius 2 is 2.43 bits per heavy atom. The maximum Gasteiger partial charge on any atom is 0.340 e. The van der Waals surface area contributed by atoms with E-state index in [1.165, 1.54) is 11.3 Å². The van der Waals surface area contributed by atoms with Crippen LogP contribution in [0.15, 0.2) is 10.2 Å². The number of aromatic nitrogens is 4. The molecule has 6 nitrogen and oxygen atoms in total. The standard InChI is InChI=1S/C7H9N5OS/c8-2-1-5-9-4(3-14-5)6-10-7(13)12-11-6/h3H,1-2,8H2,(H2,10,11,12,13). The summed E-state index contributed by atoms with van der Waals surface area (Å²) in [4.78, 5) is 17.6. The Bertz CT molecular complexity index is 470. The largest absolute Gasteiger partial charge is 0.340 e. The third kappa shape index (κ3) is 1.73. The van der Waals surface area contributed by atoms with Crippen LogP contribution in [0.4, 0.5) is 0 Å². The van der Waals surface area contributed by atoms with Gasteiger partial charge in [-0.25, -0.2) is 14.9 Å². The molecule has 0 aliphatic heterocycles. The number of rotatable bonds is 3. The minimum atomic E-state index is -0.326. The van der Waals surface area contributed by atoms with Crippen molar-refractivity contribution in [2.75, 3.05) is 6.54 Å². The van der Waals surface area contributed by atoms with Gasteiger partial charge < -0.3 is 5.73 Å². The van der Waals surface area contributed by atoms with Crippen molar-refractivity contribution in [1.29, 1.82) is 0 Å². The zero-order valence-electron chi connectivity index (χ0n) is 7.28. The molecule has 14 heavy (non-hydrogen) atoms. The van der Waals surface area contributed by atoms with Crippen molar-refractivity contribution < 1.29 is 0 Å². The van der Waals surface area contributed by atoms with Crippen molar-refractivity contribution in [1.82, 2.24) is 20.2 Å². The van der Waals surface area contributed by atoms with E-state index in [0.717, 1.165) is 11.4 Å². The van der Waals surface area contributed by atoms with Gasteiger partial charge in [0.15, 0.2) is 5.82 Å². The molecule has 0 fully saturated rings. The zero-order valence-corrected chi connectivity index (χ0v) is 8.10. The summed E-state index contributed by atoms with van der Waals surface area (Å²) in [6.07, 6.45) is 0.749. The predicted molar refractivity (Wildman–Crippen MR) is 53.1 cm³/mol. The molecule has 0 radical (unpaired) electrons. The molecule has 4 N–H and O–H groups in total. The van der Waals surface area contributed by atoms with Crippen LogP contribution in [-0.4, -0.2) is 26.7 Å². The van der Waals surface area contributed by atoms with Crippen LogP contribution in [0, 0.1) is 0 Å². The molecule has 2 aromatic heterocycles. The molecule has 0 aliphatic rings. The van der Waals surface area contributed by atoms with E-state index >= 15 is 0 Å². The van der Waals surface area contributed by atoms with E-state index in [2.05, 4.69) is 20.2 Å². The Morgan fingerprint density at radius 1 is 1.57 bits per heavy atom. The normalized spacial score (nSPS) is 10.6. The molecule has 0 saturated carbocycles. The van der Waals surface area contributed by atoms with Gasteiger partial charge in [0, 0.05) is 11.8 Å². The second kappa shape index (κ2) is 3.72. The van der Waals surface area contributed by atoms with Gasteiger partial charge >= 0.3 is 5.69 Å². The van der Waals surface area contributed by atoms with Crippen molar-refractivity contribution in [2.24, 2.45) is 5.73 Å². The first-order chi connectivity index (χ1) is 6.79. The van der Waals surface area contributed by atoms with Crippen LogP contribution in [0.2, 0.25) is 0 Å². The Morgan fingerprint density at radius 3 is 3.07 bits per heavy atom. The van der Waals surface area contributed by atoms with Crippen LogP contribution in [-0.2, 0) is 6.42 Å². The number of nitrogens with one attached hydrogen (secondary N) is 2. The monoisotopic (exact) mass is 211 g/mol. The fourth-order valence-corrected chi connectivity index (χ4v) is 1.85. The zero-order chi connectivity index (χ0) is 9.97. The van der Waals surface area contributed by atoms with Gasteiger partial charge in [-0.2, -0.15) is 5.10 Å². The van der Waals surface area contributed by atoms with E-state index in [0.29, 0.717) is 18.1 Å². The molecule has 0 aliphatic carbocycles. The molecule has 2 rings (SSSR count). The molecular weight excluding hydrogens is 202 g/mol. The van der Waals surface area contributed by atoms with Crippen LogP contribution in [0.3, 0.4) is 0 Å². The number of hydrogen-bond donors (Lipinski definition) is 3. The number of hydrogen-bond acceptors (Lipinski definition) is 5. The summed E-state index contributed by atoms with van der Waals surface area (Å²) in [5.74, 6) is 0.467. The third-order valence-electron chi connectivity index (χ3n) is 1.65. The highest BCUT2D eigenvalue weighted by molar-refractivity contribution is 7.09. The van der Waals surface area contributed by atoms with E-state index in [-0.39, 0.29) is 5.69 Å². The average Bonchev–Trinajstić information content (AvgIpc) is 2.74. The van der Waals surface area contributed by atoms with Gasteiger partial charge in [0.25, 0.3) is 0 Å². The highest BCUT2D eigenvalue weighted by Gasteiger charge is 2.06. The second-order valence-electron chi connectivity index (χ2n) is 2.69. The van der Waals surface area contributed by atoms with Crippen molar-refractivity contribution in [3.63, 3.8) is 0 Å². The number of thiazole rings is 1. The van der Waals surface area contributed by atoms with Gasteiger partial charge in [0.1, 0.15) is 5.69 Å². The van der Waals surface area contributed by atoms with Gasteiger partial charge in [0.05, 0.1) is 5.01 Å². The van der Waals surface area contributed by atoms with Crippen molar-refractivity contribution in [2.45, 2.75) is 6.42 Å². The van der Waals surface area contributed by atoms with Crippen LogP contribution in [0.5, 0.6) is 0 Å². The Labute approximate surface area is 83.2 Å². The third-order valence-corrected chi connectivity index (χ3v) is 2.56. The Hall–Kier alpha value is -1.47. The minimum Gasteiger partial charge on any atom is -0.330 e. The molecule has 2 heterocycles. The van der Waals surface area contributed by atoms with Crippen molar-refractivity contribution in [3.05, 3.63) is 20.9 Å². The maximum absolute atomic E-state index is 10.8. The first-order valence-corrected chi connectivity index (χ1v) is 4.97. The Kier molecular flexibility index (Phi) is 2.42. The summed E-state index contributed by atoms with van der Waals surface area (Å²) in [5.41, 5.74) is 5.75. The second-order valence-corrected chi connectivity index (χ2v) is 3.63. The molecule has 7 heteroatoms. The summed E-state index contributed by atoms with van der Waals surface area (Å²) in [6, 6.07) is 0. The van der Waals surface area contributed by atoms with Crippen LogP contribution in [0.1, 0.15) is 5.01 Å². The van der Waals surface area contributed by atoms with Gasteiger partial charge in [-0.15, -0.1) is 11.3 Å². The van der Waals surface area contributed by atoms with Crippen molar-refractivity contribution >= 4 is 11.3 Å². The lowest BCUT2D eigenvalue weighted by Crippen LogP contribution is -2.02. The van der Waals surface area contributed by atoms with E-state index in [4.69, 9.17) is 5.73 Å². The number of H-pyrrole nitrogens is 2. The molecule has 0 spiro atoms. The minimum absolute atomic E-state index is 0.326. The smallest absolute Gasteiger partial charge is 0.330 e. The fourth-order valence-electron chi connectivity index (χ4n) is 1.05. The molecular formula is C7H9N5OS. The molecule has 0 bridgehead atoms. The van der Waals surface area contributed by atoms with E-state index in [9.17, 15) is 4.79 Å². The number of nitrogens with two attached hydrogens (primary N) is 1. The molecule has 0 saturated heterocycles. The van der Waals surface area contributed by atoms with Gasteiger partial charge in [0.2, 0.25) is 0 Å². The van der Waals surface area contributed by atoms with Crippen LogP contribution >= 0.6 is 11.3 Å². The molecule has 74 valence electrons. The molecule has 0 unspecified atom stereocenters. The van der Waals surface area contributed by atoms with E-state index in [1.54, 1.807) is 0 Å². The lowest BCUT2D eigenvalue weighted by Gasteiger charge is -1.88. The predicted octanol–water partition coefficient (Wildman–Crippen LogP) is -0.277. The number of nitrogens with zero attached hydrogens (tertiary/aromatic N) is 2. The van der Waals surface area contributed by atoms with E-state index in [1.807, 2.05) is 5.38 Å². The summed E-state index contributed by atoms with van der Waals surface area (Å²) in [5, 5.41) is 8.86. The first-order valence-electron chi connectivity index (χ1n) is 4.09. The lowest BCUT2D eigenvalue weighted by atomic mass is 10.4. The van der Waals surface area contributed by atoms with E-state index < -0.39 is 0 Å². The molecule has 0 atom stereocenters. The summed E-state index contributed by atoms with van der Waals surface area (Å²) in [7, 11) is 0. The summed E-state index contributed by atoms with van der Waals surface area (Å²) in [6.45, 7) is 0.573. The average molecular weight is 211 g/mol. The SMILES string of the molecule is NCCc1nc(-c2n[nH]c(=O)[nH]2)cs1. The molecule has 0 amide bonds. The molecule has 0 aromatic carbocycles. The van der Waals surface area contributed by atoms with Crippen molar-refractivity contribution in [3.8, 4) is 11.5 Å². The van der Waals surface area contributed by atoms with Gasteiger partial charge in [-0.1, -0.05) is 0 Å². The fraction of sp³-hybridized carbons (Fsp3) is 0.286. The van der Waals surface area contributed by atoms with Crippen LogP contribution < -0.4 is 11.4 Å². The topological polar surface area (TPSA) is 100 Å².